The van der Waals surface area contributed by atoms with E-state index in [1.165, 1.54) is 0 Å². The highest BCUT2D eigenvalue weighted by molar-refractivity contribution is 6.31. The predicted molar refractivity (Wildman–Crippen MR) is 102 cm³/mol. The zero-order valence-electron chi connectivity index (χ0n) is 14.5. The van der Waals surface area contributed by atoms with Gasteiger partial charge in [0.05, 0.1) is 6.61 Å². The smallest absolute Gasteiger partial charge is 0.241 e. The molecule has 3 aromatic rings. The van der Waals surface area contributed by atoms with E-state index in [1.807, 2.05) is 44.2 Å². The standard InChI is InChI=1S/C18H20ClN5O2/c1-3-25-16-9-11(2)7-8-15(16)26-14-6-4-5-13(19)12(14)10-21-18-22-17(20)23-24-18/h4-9H,3,10H2,1-2H3,(H4,20,21,22,23,24). The van der Waals surface area contributed by atoms with Gasteiger partial charge in [-0.2, -0.15) is 4.98 Å². The number of rotatable bonds is 7. The Bertz CT molecular complexity index is 897. The molecule has 0 unspecified atom stereocenters. The van der Waals surface area contributed by atoms with Crippen LogP contribution in [0.25, 0.3) is 0 Å². The van der Waals surface area contributed by atoms with Crippen LogP contribution in [0.5, 0.6) is 17.2 Å². The van der Waals surface area contributed by atoms with Crippen molar-refractivity contribution >= 4 is 23.5 Å². The highest BCUT2D eigenvalue weighted by Gasteiger charge is 2.13. The molecule has 0 spiro atoms. The van der Waals surface area contributed by atoms with Crippen LogP contribution in [0, 0.1) is 6.92 Å². The van der Waals surface area contributed by atoms with Crippen molar-refractivity contribution in [1.82, 2.24) is 15.2 Å². The van der Waals surface area contributed by atoms with Crippen LogP contribution in [0.3, 0.4) is 0 Å². The number of nitrogens with one attached hydrogen (secondary N) is 2. The molecule has 7 nitrogen and oxygen atoms in total. The summed E-state index contributed by atoms with van der Waals surface area (Å²) in [6, 6.07) is 11.3. The van der Waals surface area contributed by atoms with Gasteiger partial charge in [-0.15, -0.1) is 5.10 Å². The van der Waals surface area contributed by atoms with E-state index in [-0.39, 0.29) is 5.95 Å². The average Bonchev–Trinajstić information content (AvgIpc) is 3.02. The molecule has 0 bridgehead atoms. The first-order chi connectivity index (χ1) is 12.6. The first kappa shape index (κ1) is 17.9. The maximum atomic E-state index is 6.37. The third-order valence-corrected chi connectivity index (χ3v) is 3.98. The molecule has 4 N–H and O–H groups in total. The van der Waals surface area contributed by atoms with Crippen molar-refractivity contribution in [2.75, 3.05) is 17.7 Å². The summed E-state index contributed by atoms with van der Waals surface area (Å²) in [6.45, 7) is 4.88. The van der Waals surface area contributed by atoms with E-state index in [1.54, 1.807) is 6.07 Å². The molecule has 0 aliphatic heterocycles. The van der Waals surface area contributed by atoms with Gasteiger partial charge < -0.3 is 20.5 Å². The zero-order valence-corrected chi connectivity index (χ0v) is 15.3. The molecule has 3 rings (SSSR count). The molecular weight excluding hydrogens is 354 g/mol. The number of aromatic nitrogens is 3. The molecule has 2 aromatic carbocycles. The van der Waals surface area contributed by atoms with Crippen molar-refractivity contribution in [2.45, 2.75) is 20.4 Å². The number of nitrogen functional groups attached to an aromatic ring is 1. The van der Waals surface area contributed by atoms with Crippen molar-refractivity contribution in [3.63, 3.8) is 0 Å². The second kappa shape index (κ2) is 7.97. The molecular formula is C18H20ClN5O2. The van der Waals surface area contributed by atoms with Gasteiger partial charge in [0, 0.05) is 17.1 Å². The molecule has 8 heteroatoms. The molecule has 0 radical (unpaired) electrons. The fourth-order valence-corrected chi connectivity index (χ4v) is 2.65. The molecule has 136 valence electrons. The number of hydrogen-bond donors (Lipinski definition) is 3. The Kier molecular flexibility index (Phi) is 5.48. The monoisotopic (exact) mass is 373 g/mol. The first-order valence-corrected chi connectivity index (χ1v) is 8.55. The van der Waals surface area contributed by atoms with Crippen LogP contribution in [0.4, 0.5) is 11.9 Å². The van der Waals surface area contributed by atoms with Crippen molar-refractivity contribution in [3.8, 4) is 17.2 Å². The summed E-state index contributed by atoms with van der Waals surface area (Å²) in [6.07, 6.45) is 0. The molecule has 0 saturated heterocycles. The van der Waals surface area contributed by atoms with Gasteiger partial charge in [-0.25, -0.2) is 5.10 Å². The van der Waals surface area contributed by atoms with Gasteiger partial charge in [0.15, 0.2) is 11.5 Å². The Morgan fingerprint density at radius 2 is 2.04 bits per heavy atom. The lowest BCUT2D eigenvalue weighted by Crippen LogP contribution is -2.04. The van der Waals surface area contributed by atoms with Crippen LogP contribution in [-0.4, -0.2) is 21.8 Å². The van der Waals surface area contributed by atoms with Crippen LogP contribution in [0.15, 0.2) is 36.4 Å². The maximum absolute atomic E-state index is 6.37. The number of nitrogens with zero attached hydrogens (tertiary/aromatic N) is 2. The van der Waals surface area contributed by atoms with Crippen LogP contribution in [0.2, 0.25) is 5.02 Å². The van der Waals surface area contributed by atoms with E-state index < -0.39 is 0 Å². The van der Waals surface area contributed by atoms with E-state index in [4.69, 9.17) is 26.8 Å². The summed E-state index contributed by atoms with van der Waals surface area (Å²) in [5.41, 5.74) is 7.39. The third-order valence-electron chi connectivity index (χ3n) is 3.63. The van der Waals surface area contributed by atoms with Gasteiger partial charge in [0.1, 0.15) is 5.75 Å². The quantitative estimate of drug-likeness (QED) is 0.575. The summed E-state index contributed by atoms with van der Waals surface area (Å²) in [4.78, 5) is 4.01. The number of hydrogen-bond acceptors (Lipinski definition) is 6. The van der Waals surface area contributed by atoms with Crippen molar-refractivity contribution in [1.29, 1.82) is 0 Å². The van der Waals surface area contributed by atoms with Crippen LogP contribution >= 0.6 is 11.6 Å². The molecule has 0 aliphatic rings. The van der Waals surface area contributed by atoms with Crippen LogP contribution in [-0.2, 0) is 6.54 Å². The number of aromatic amines is 1. The molecule has 0 fully saturated rings. The van der Waals surface area contributed by atoms with Crippen molar-refractivity contribution < 1.29 is 9.47 Å². The number of H-pyrrole nitrogens is 1. The van der Waals surface area contributed by atoms with Crippen molar-refractivity contribution in [2.24, 2.45) is 0 Å². The topological polar surface area (TPSA) is 98.1 Å². The summed E-state index contributed by atoms with van der Waals surface area (Å²) < 4.78 is 11.8. The maximum Gasteiger partial charge on any atom is 0.241 e. The van der Waals surface area contributed by atoms with Gasteiger partial charge in [-0.1, -0.05) is 23.7 Å². The Labute approximate surface area is 156 Å². The summed E-state index contributed by atoms with van der Waals surface area (Å²) >= 11 is 6.37. The number of anilines is 2. The number of halogens is 1. The molecule has 26 heavy (non-hydrogen) atoms. The fourth-order valence-electron chi connectivity index (χ4n) is 2.42. The normalized spacial score (nSPS) is 10.6. The van der Waals surface area contributed by atoms with Crippen LogP contribution in [0.1, 0.15) is 18.1 Å². The minimum absolute atomic E-state index is 0.171. The second-order valence-electron chi connectivity index (χ2n) is 5.60. The Morgan fingerprint density at radius 3 is 2.77 bits per heavy atom. The third kappa shape index (κ3) is 4.18. The van der Waals surface area contributed by atoms with E-state index in [2.05, 4.69) is 20.5 Å². The number of nitrogens with two attached hydrogens (primary N) is 1. The zero-order chi connectivity index (χ0) is 18.5. The minimum Gasteiger partial charge on any atom is -0.490 e. The number of ether oxygens (including phenoxy) is 2. The molecule has 0 amide bonds. The lowest BCUT2D eigenvalue weighted by atomic mass is 10.2. The lowest BCUT2D eigenvalue weighted by molar-refractivity contribution is 0.320. The summed E-state index contributed by atoms with van der Waals surface area (Å²) in [5, 5.41) is 10.1. The molecule has 0 atom stereocenters. The Morgan fingerprint density at radius 1 is 1.19 bits per heavy atom. The van der Waals surface area contributed by atoms with E-state index in [0.29, 0.717) is 41.4 Å². The van der Waals surface area contributed by atoms with Gasteiger partial charge in [-0.3, -0.25) is 0 Å². The van der Waals surface area contributed by atoms with Gasteiger partial charge in [0.2, 0.25) is 11.9 Å². The number of benzene rings is 2. The predicted octanol–water partition coefficient (Wildman–Crippen LogP) is 4.15. The van der Waals surface area contributed by atoms with E-state index in [0.717, 1.165) is 11.1 Å². The highest BCUT2D eigenvalue weighted by Crippen LogP contribution is 2.36. The van der Waals surface area contributed by atoms with Gasteiger partial charge in [0.25, 0.3) is 0 Å². The molecule has 1 heterocycles. The molecule has 0 aliphatic carbocycles. The Hall–Kier alpha value is -2.93. The van der Waals surface area contributed by atoms with Crippen molar-refractivity contribution in [3.05, 3.63) is 52.5 Å². The lowest BCUT2D eigenvalue weighted by Gasteiger charge is -2.16. The average molecular weight is 374 g/mol. The van der Waals surface area contributed by atoms with Gasteiger partial charge in [-0.05, 0) is 43.7 Å². The summed E-state index contributed by atoms with van der Waals surface area (Å²) in [5.74, 6) is 2.57. The molecule has 1 aromatic heterocycles. The largest absolute Gasteiger partial charge is 0.490 e. The number of aryl methyl sites for hydroxylation is 1. The van der Waals surface area contributed by atoms with Crippen LogP contribution < -0.4 is 20.5 Å². The van der Waals surface area contributed by atoms with E-state index in [9.17, 15) is 0 Å². The molecule has 0 saturated carbocycles. The first-order valence-electron chi connectivity index (χ1n) is 8.17. The van der Waals surface area contributed by atoms with E-state index >= 15 is 0 Å². The van der Waals surface area contributed by atoms with Gasteiger partial charge >= 0.3 is 0 Å². The highest BCUT2D eigenvalue weighted by atomic mass is 35.5. The fraction of sp³-hybridized carbons (Fsp3) is 0.222. The summed E-state index contributed by atoms with van der Waals surface area (Å²) in [7, 11) is 0. The Balaban J connectivity index is 1.85. The minimum atomic E-state index is 0.171. The second-order valence-corrected chi connectivity index (χ2v) is 6.00. The SMILES string of the molecule is CCOc1cc(C)ccc1Oc1cccc(Cl)c1CNc1nc(N)n[nH]1.